The lowest BCUT2D eigenvalue weighted by atomic mass is 10.00. The van der Waals surface area contributed by atoms with Crippen LogP contribution in [0.5, 0.6) is 5.75 Å². The summed E-state index contributed by atoms with van der Waals surface area (Å²) in [7, 11) is 0. The second-order valence-electron chi connectivity index (χ2n) is 8.88. The zero-order chi connectivity index (χ0) is 29.7. The monoisotopic (exact) mass is 572 g/mol. The van der Waals surface area contributed by atoms with Crippen molar-refractivity contribution in [3.8, 4) is 28.7 Å². The molecule has 0 aliphatic heterocycles. The van der Waals surface area contributed by atoms with Crippen LogP contribution in [0.15, 0.2) is 78.9 Å². The number of benzene rings is 4. The molecule has 0 aliphatic rings. The summed E-state index contributed by atoms with van der Waals surface area (Å²) < 4.78 is 117. The highest BCUT2D eigenvalue weighted by atomic mass is 19.3. The molecule has 0 radical (unpaired) electrons. The van der Waals surface area contributed by atoms with Crippen LogP contribution >= 0.6 is 0 Å². The van der Waals surface area contributed by atoms with Gasteiger partial charge >= 0.3 is 6.11 Å². The highest BCUT2D eigenvalue weighted by Gasteiger charge is 2.38. The molecule has 0 unspecified atom stereocenters. The maximum atomic E-state index is 14.7. The second kappa shape index (κ2) is 12.3. The predicted octanol–water partition coefficient (Wildman–Crippen LogP) is 9.22. The average molecular weight is 572 g/mol. The molecule has 4 rings (SSSR count). The summed E-state index contributed by atoms with van der Waals surface area (Å²) >= 11 is 0. The number of rotatable bonds is 7. The van der Waals surface area contributed by atoms with Gasteiger partial charge in [0, 0.05) is 23.3 Å². The van der Waals surface area contributed by atoms with Crippen molar-refractivity contribution in [1.29, 1.82) is 0 Å². The van der Waals surface area contributed by atoms with E-state index in [1.807, 2.05) is 19.1 Å². The number of hydrogen-bond donors (Lipinski definition) is 0. The zero-order valence-corrected chi connectivity index (χ0v) is 21.4. The number of alkyl halides is 2. The molecule has 41 heavy (non-hydrogen) atoms. The second-order valence-corrected chi connectivity index (χ2v) is 8.88. The van der Waals surface area contributed by atoms with Crippen molar-refractivity contribution in [2.75, 3.05) is 0 Å². The molecule has 0 aliphatic carbocycles. The Bertz CT molecular complexity index is 1660. The van der Waals surface area contributed by atoms with Crippen LogP contribution in [0.1, 0.15) is 35.6 Å². The molecule has 9 heteroatoms. The van der Waals surface area contributed by atoms with E-state index in [0.29, 0.717) is 18.6 Å². The number of halogens is 8. The largest absolute Gasteiger partial charge is 0.429 e. The molecular weight excluding hydrogens is 552 g/mol. The van der Waals surface area contributed by atoms with E-state index in [1.54, 1.807) is 12.1 Å². The van der Waals surface area contributed by atoms with Crippen LogP contribution in [-0.2, 0) is 12.5 Å². The minimum Gasteiger partial charge on any atom is -0.429 e. The number of ether oxygens (including phenoxy) is 1. The van der Waals surface area contributed by atoms with Gasteiger partial charge in [-0.2, -0.15) is 8.78 Å². The van der Waals surface area contributed by atoms with Gasteiger partial charge in [0.2, 0.25) is 0 Å². The molecular formula is C32H20F8O. The molecule has 0 N–H and O–H groups in total. The molecule has 0 spiro atoms. The first kappa shape index (κ1) is 29.4. The van der Waals surface area contributed by atoms with Gasteiger partial charge in [-0.05, 0) is 67.3 Å². The Labute approximate surface area is 230 Å². The maximum Gasteiger partial charge on any atom is 0.429 e. The first-order valence-electron chi connectivity index (χ1n) is 12.2. The van der Waals surface area contributed by atoms with Crippen molar-refractivity contribution in [2.45, 2.75) is 25.9 Å². The van der Waals surface area contributed by atoms with E-state index in [-0.39, 0.29) is 34.4 Å². The van der Waals surface area contributed by atoms with Crippen molar-refractivity contribution in [1.82, 2.24) is 0 Å². The van der Waals surface area contributed by atoms with Gasteiger partial charge in [0.05, 0.1) is 5.56 Å². The van der Waals surface area contributed by atoms with Crippen LogP contribution in [-0.4, -0.2) is 0 Å². The van der Waals surface area contributed by atoms with Crippen LogP contribution in [0, 0.1) is 46.7 Å². The number of hydrogen-bond acceptors (Lipinski definition) is 1. The van der Waals surface area contributed by atoms with Gasteiger partial charge < -0.3 is 4.74 Å². The van der Waals surface area contributed by atoms with E-state index in [1.165, 1.54) is 18.2 Å². The van der Waals surface area contributed by atoms with Crippen LogP contribution in [0.3, 0.4) is 0 Å². The van der Waals surface area contributed by atoms with Crippen molar-refractivity contribution in [3.05, 3.63) is 136 Å². The van der Waals surface area contributed by atoms with Crippen molar-refractivity contribution >= 4 is 0 Å². The zero-order valence-electron chi connectivity index (χ0n) is 21.4. The van der Waals surface area contributed by atoms with E-state index < -0.39 is 52.3 Å². The highest BCUT2D eigenvalue weighted by molar-refractivity contribution is 5.66. The molecule has 0 saturated carbocycles. The molecule has 0 atom stereocenters. The van der Waals surface area contributed by atoms with Crippen LogP contribution in [0.4, 0.5) is 35.1 Å². The Morgan fingerprint density at radius 2 is 1.46 bits per heavy atom. The summed E-state index contributed by atoms with van der Waals surface area (Å²) in [5.74, 6) is -4.28. The Morgan fingerprint density at radius 3 is 2.10 bits per heavy atom. The van der Waals surface area contributed by atoms with E-state index >= 15 is 0 Å². The fraction of sp³-hybridized carbons (Fsp3) is 0.125. The van der Waals surface area contributed by atoms with Crippen LogP contribution in [0.2, 0.25) is 0 Å². The SMILES string of the molecule is C/C=C/CCc1ccc(-c2ccc(C#Cc3ccc(C(F)(F)Oc4cc(F)c(F)c(F)c4)c(F)c3)c(F)c2)c(F)c1. The summed E-state index contributed by atoms with van der Waals surface area (Å²) in [5.41, 5.74) is -0.194. The predicted molar refractivity (Wildman–Crippen MR) is 138 cm³/mol. The number of aryl methyl sites for hydroxylation is 1. The third-order valence-corrected chi connectivity index (χ3v) is 5.98. The average Bonchev–Trinajstić information content (AvgIpc) is 2.91. The van der Waals surface area contributed by atoms with Crippen molar-refractivity contribution < 1.29 is 39.9 Å². The first-order chi connectivity index (χ1) is 19.5. The van der Waals surface area contributed by atoms with E-state index in [2.05, 4.69) is 16.6 Å². The Hall–Kier alpha value is -4.58. The lowest BCUT2D eigenvalue weighted by Gasteiger charge is -2.19. The molecule has 0 amide bonds. The molecule has 0 fully saturated rings. The summed E-state index contributed by atoms with van der Waals surface area (Å²) in [6.45, 7) is 1.90. The summed E-state index contributed by atoms with van der Waals surface area (Å²) in [6.07, 6.45) is 0.914. The van der Waals surface area contributed by atoms with Gasteiger partial charge in [-0.1, -0.05) is 42.2 Å². The highest BCUT2D eigenvalue weighted by Crippen LogP contribution is 2.34. The molecule has 0 heterocycles. The van der Waals surface area contributed by atoms with Crippen LogP contribution in [0.25, 0.3) is 11.1 Å². The third kappa shape index (κ3) is 6.95. The number of allylic oxidation sites excluding steroid dienone is 2. The molecule has 0 aromatic heterocycles. The van der Waals surface area contributed by atoms with Gasteiger partial charge in [0.15, 0.2) is 17.5 Å². The Morgan fingerprint density at radius 1 is 0.732 bits per heavy atom. The smallest absolute Gasteiger partial charge is 0.429 e. The summed E-state index contributed by atoms with van der Waals surface area (Å²) in [5, 5.41) is 0. The van der Waals surface area contributed by atoms with Gasteiger partial charge in [-0.3, -0.25) is 0 Å². The molecule has 0 bridgehead atoms. The topological polar surface area (TPSA) is 9.23 Å². The minimum absolute atomic E-state index is 0.0936. The fourth-order valence-electron chi connectivity index (χ4n) is 3.91. The van der Waals surface area contributed by atoms with Gasteiger partial charge in [-0.15, -0.1) is 0 Å². The van der Waals surface area contributed by atoms with Crippen molar-refractivity contribution in [2.24, 2.45) is 0 Å². The normalized spacial score (nSPS) is 11.4. The molecule has 4 aromatic carbocycles. The first-order valence-corrected chi connectivity index (χ1v) is 12.2. The van der Waals surface area contributed by atoms with E-state index in [0.717, 1.165) is 24.1 Å². The lowest BCUT2D eigenvalue weighted by molar-refractivity contribution is -0.187. The Kier molecular flexibility index (Phi) is 8.82. The van der Waals surface area contributed by atoms with Gasteiger partial charge in [-0.25, -0.2) is 26.3 Å². The Balaban J connectivity index is 1.51. The fourth-order valence-corrected chi connectivity index (χ4v) is 3.91. The van der Waals surface area contributed by atoms with Crippen molar-refractivity contribution in [3.63, 3.8) is 0 Å². The van der Waals surface area contributed by atoms with E-state index in [4.69, 9.17) is 0 Å². The molecule has 0 saturated heterocycles. The molecule has 4 aromatic rings. The summed E-state index contributed by atoms with van der Waals surface area (Å²) in [4.78, 5) is 0. The van der Waals surface area contributed by atoms with E-state index in [9.17, 15) is 35.1 Å². The standard InChI is InChI=1S/C32H20F8O/c1-2-3-4-5-19-7-12-24(27(34)14-19)22-11-10-21(26(33)16-22)9-6-20-8-13-25(28(35)15-20)32(39,40)41-23-17-29(36)31(38)30(37)18-23/h2-3,7-8,10-18H,4-5H2,1H3/b3-2+. The lowest BCUT2D eigenvalue weighted by Crippen LogP contribution is -2.23. The summed E-state index contributed by atoms with van der Waals surface area (Å²) in [6, 6.07) is 11.3. The third-order valence-electron chi connectivity index (χ3n) is 5.98. The van der Waals surface area contributed by atoms with Crippen LogP contribution < -0.4 is 4.74 Å². The molecule has 1 nitrogen and oxygen atoms in total. The van der Waals surface area contributed by atoms with Gasteiger partial charge in [0.25, 0.3) is 0 Å². The molecule has 210 valence electrons. The van der Waals surface area contributed by atoms with Gasteiger partial charge in [0.1, 0.15) is 28.8 Å². The minimum atomic E-state index is -4.38. The maximum absolute atomic E-state index is 14.7. The quantitative estimate of drug-likeness (QED) is 0.0929.